The summed E-state index contributed by atoms with van der Waals surface area (Å²) in [4.78, 5) is 46.3. The van der Waals surface area contributed by atoms with Gasteiger partial charge in [-0.3, -0.25) is 14.4 Å². The Morgan fingerprint density at radius 1 is 0.889 bits per heavy atom. The fourth-order valence-electron chi connectivity index (χ4n) is 0.960. The molecule has 0 heterocycles. The highest BCUT2D eigenvalue weighted by Crippen LogP contribution is 2.05. The molecule has 0 fully saturated rings. The van der Waals surface area contributed by atoms with Crippen molar-refractivity contribution in [1.29, 1.82) is 0 Å². The molecule has 0 aliphatic rings. The highest BCUT2D eigenvalue weighted by Gasteiger charge is 2.20. The van der Waals surface area contributed by atoms with E-state index in [-0.39, 0.29) is 11.0 Å². The first kappa shape index (κ1) is 13.7. The Bertz CT molecular complexity index is 428. The topological polar surface area (TPSA) is 82.1 Å². The lowest BCUT2D eigenvalue weighted by atomic mass is 10.2. The summed E-state index contributed by atoms with van der Waals surface area (Å²) < 4.78 is 0. The van der Waals surface area contributed by atoms with Crippen LogP contribution in [0.3, 0.4) is 0 Å². The Hall–Kier alpha value is -2.41. The Balaban J connectivity index is 2.68. The van der Waals surface area contributed by atoms with Gasteiger partial charge in [0, 0.05) is 13.8 Å². The van der Waals surface area contributed by atoms with Gasteiger partial charge < -0.3 is 9.68 Å². The molecule has 0 N–H and O–H groups in total. The molecule has 0 atom stereocenters. The third-order valence-electron chi connectivity index (χ3n) is 1.57. The minimum Gasteiger partial charge on any atom is -0.301 e. The van der Waals surface area contributed by atoms with Crippen LogP contribution in [-0.4, -0.2) is 23.3 Å². The van der Waals surface area contributed by atoms with Gasteiger partial charge in [0.05, 0.1) is 5.56 Å². The summed E-state index contributed by atoms with van der Waals surface area (Å²) in [7, 11) is 0. The van der Waals surface area contributed by atoms with Crippen molar-refractivity contribution >= 4 is 17.9 Å². The molecule has 0 spiro atoms. The van der Waals surface area contributed by atoms with Crippen LogP contribution in [0.15, 0.2) is 30.3 Å². The molecule has 1 rings (SSSR count). The zero-order chi connectivity index (χ0) is 13.5. The molecule has 18 heavy (non-hydrogen) atoms. The van der Waals surface area contributed by atoms with Crippen LogP contribution in [0.4, 0.5) is 0 Å². The van der Waals surface area contributed by atoms with Crippen molar-refractivity contribution in [2.45, 2.75) is 13.8 Å². The molecule has 0 aliphatic heterocycles. The SMILES string of the molecule is CC(=O)ON(OC(C)=O)OC(=O)c1ccccc1. The number of benzene rings is 1. The lowest BCUT2D eigenvalue weighted by Gasteiger charge is -2.15. The maximum atomic E-state index is 11.6. The van der Waals surface area contributed by atoms with E-state index in [1.54, 1.807) is 18.2 Å². The Morgan fingerprint density at radius 3 is 1.83 bits per heavy atom. The second-order valence-electron chi connectivity index (χ2n) is 3.13. The Morgan fingerprint density at radius 2 is 1.39 bits per heavy atom. The maximum absolute atomic E-state index is 11.6. The van der Waals surface area contributed by atoms with Gasteiger partial charge in [-0.25, -0.2) is 4.79 Å². The van der Waals surface area contributed by atoms with Crippen LogP contribution in [0.2, 0.25) is 0 Å². The maximum Gasteiger partial charge on any atom is 0.364 e. The normalized spacial score (nSPS) is 9.72. The Kier molecular flexibility index (Phi) is 4.82. The van der Waals surface area contributed by atoms with E-state index in [0.29, 0.717) is 0 Å². The first-order chi connectivity index (χ1) is 8.49. The van der Waals surface area contributed by atoms with Gasteiger partial charge in [0.25, 0.3) is 0 Å². The van der Waals surface area contributed by atoms with E-state index in [2.05, 4.69) is 14.5 Å². The molecule has 0 aromatic heterocycles. The molecule has 0 radical (unpaired) electrons. The van der Waals surface area contributed by atoms with Gasteiger partial charge in [-0.05, 0) is 12.1 Å². The molecule has 0 amide bonds. The zero-order valence-corrected chi connectivity index (χ0v) is 9.78. The fourth-order valence-corrected chi connectivity index (χ4v) is 0.960. The summed E-state index contributed by atoms with van der Waals surface area (Å²) in [5, 5.41) is 0.0694. The van der Waals surface area contributed by atoms with Gasteiger partial charge in [0.15, 0.2) is 0 Å². The van der Waals surface area contributed by atoms with Crippen LogP contribution in [-0.2, 0) is 24.1 Å². The summed E-state index contributed by atoms with van der Waals surface area (Å²) in [5.74, 6) is -2.45. The van der Waals surface area contributed by atoms with Crippen LogP contribution in [0.5, 0.6) is 0 Å². The van der Waals surface area contributed by atoms with E-state index in [1.165, 1.54) is 12.1 Å². The summed E-state index contributed by atoms with van der Waals surface area (Å²) in [6.45, 7) is 2.12. The van der Waals surface area contributed by atoms with Crippen molar-refractivity contribution in [3.05, 3.63) is 35.9 Å². The zero-order valence-electron chi connectivity index (χ0n) is 9.78. The number of nitrogens with zero attached hydrogens (tertiary/aromatic N) is 1. The van der Waals surface area contributed by atoms with E-state index in [0.717, 1.165) is 13.8 Å². The largest absolute Gasteiger partial charge is 0.364 e. The second kappa shape index (κ2) is 6.36. The number of rotatable bonds is 4. The van der Waals surface area contributed by atoms with Crippen LogP contribution < -0.4 is 0 Å². The van der Waals surface area contributed by atoms with E-state index in [1.807, 2.05) is 0 Å². The summed E-state index contributed by atoms with van der Waals surface area (Å²) in [5.41, 5.74) is 0.210. The number of carbonyl (C=O) groups excluding carboxylic acids is 3. The molecular formula is C11H11NO6. The van der Waals surface area contributed by atoms with Crippen LogP contribution >= 0.6 is 0 Å². The third-order valence-corrected chi connectivity index (χ3v) is 1.57. The average Bonchev–Trinajstić information content (AvgIpc) is 2.28. The first-order valence-electron chi connectivity index (χ1n) is 4.93. The van der Waals surface area contributed by atoms with E-state index >= 15 is 0 Å². The molecule has 0 aliphatic carbocycles. The second-order valence-corrected chi connectivity index (χ2v) is 3.13. The van der Waals surface area contributed by atoms with Crippen LogP contribution in [0, 0.1) is 0 Å². The number of hydrogen-bond acceptors (Lipinski definition) is 7. The molecule has 0 unspecified atom stereocenters. The first-order valence-corrected chi connectivity index (χ1v) is 4.93. The molecule has 7 heteroatoms. The van der Waals surface area contributed by atoms with Gasteiger partial charge in [0.1, 0.15) is 0 Å². The third kappa shape index (κ3) is 4.62. The average molecular weight is 253 g/mol. The predicted molar refractivity (Wildman–Crippen MR) is 57.2 cm³/mol. The molecule has 96 valence electrons. The predicted octanol–water partition coefficient (Wildman–Crippen LogP) is 1.02. The lowest BCUT2D eigenvalue weighted by molar-refractivity contribution is -0.458. The molecule has 0 saturated carbocycles. The highest BCUT2D eigenvalue weighted by molar-refractivity contribution is 5.89. The van der Waals surface area contributed by atoms with E-state index in [4.69, 9.17) is 0 Å². The van der Waals surface area contributed by atoms with Crippen LogP contribution in [0.1, 0.15) is 24.2 Å². The minimum atomic E-state index is -0.835. The van der Waals surface area contributed by atoms with Gasteiger partial charge in [-0.15, -0.1) is 0 Å². The van der Waals surface area contributed by atoms with Crippen molar-refractivity contribution in [3.63, 3.8) is 0 Å². The van der Waals surface area contributed by atoms with E-state index < -0.39 is 17.9 Å². The van der Waals surface area contributed by atoms with Crippen molar-refractivity contribution in [3.8, 4) is 0 Å². The molecule has 0 bridgehead atoms. The van der Waals surface area contributed by atoms with Crippen molar-refractivity contribution in [1.82, 2.24) is 5.39 Å². The van der Waals surface area contributed by atoms with Gasteiger partial charge in [-0.1, -0.05) is 18.2 Å². The van der Waals surface area contributed by atoms with Gasteiger partial charge in [-0.2, -0.15) is 0 Å². The Labute approximate surface area is 103 Å². The van der Waals surface area contributed by atoms with Gasteiger partial charge >= 0.3 is 17.9 Å². The summed E-state index contributed by atoms with van der Waals surface area (Å²) in [6.07, 6.45) is 0. The molecule has 1 aromatic rings. The minimum absolute atomic E-state index is 0.0694. The van der Waals surface area contributed by atoms with Crippen molar-refractivity contribution in [2.75, 3.05) is 0 Å². The molecule has 1 aromatic carbocycles. The van der Waals surface area contributed by atoms with Crippen molar-refractivity contribution in [2.24, 2.45) is 0 Å². The molecule has 0 saturated heterocycles. The molecule has 7 nitrogen and oxygen atoms in total. The van der Waals surface area contributed by atoms with Crippen molar-refractivity contribution < 1.29 is 28.9 Å². The summed E-state index contributed by atoms with van der Waals surface area (Å²) in [6, 6.07) is 7.94. The molecular weight excluding hydrogens is 242 g/mol. The van der Waals surface area contributed by atoms with Gasteiger partial charge in [0.2, 0.25) is 5.39 Å². The smallest absolute Gasteiger partial charge is 0.301 e. The lowest BCUT2D eigenvalue weighted by Crippen LogP contribution is -2.31. The fraction of sp³-hybridized carbons (Fsp3) is 0.182. The van der Waals surface area contributed by atoms with Crippen LogP contribution in [0.25, 0.3) is 0 Å². The quantitative estimate of drug-likeness (QED) is 0.740. The summed E-state index contributed by atoms with van der Waals surface area (Å²) >= 11 is 0. The number of hydrogen-bond donors (Lipinski definition) is 0. The monoisotopic (exact) mass is 253 g/mol. The highest BCUT2D eigenvalue weighted by atomic mass is 17.2. The van der Waals surface area contributed by atoms with E-state index in [9.17, 15) is 14.4 Å². The standard InChI is InChI=1S/C11H11NO6/c1-8(13)16-12(17-9(2)14)18-11(15)10-6-4-3-5-7-10/h3-7H,1-2H3. The number of carbonyl (C=O) groups is 3.